The van der Waals surface area contributed by atoms with Gasteiger partial charge in [0.2, 0.25) is 5.78 Å². The summed E-state index contributed by atoms with van der Waals surface area (Å²) in [6, 6.07) is 14.8. The molecule has 1 aliphatic rings. The van der Waals surface area contributed by atoms with Gasteiger partial charge < -0.3 is 24.8 Å². The molecule has 0 unspecified atom stereocenters. The van der Waals surface area contributed by atoms with Crippen molar-refractivity contribution in [2.75, 3.05) is 13.7 Å². The molecule has 3 N–H and O–H groups in total. The van der Waals surface area contributed by atoms with Crippen molar-refractivity contribution in [1.29, 1.82) is 0 Å². The van der Waals surface area contributed by atoms with E-state index in [1.165, 1.54) is 28.4 Å². The van der Waals surface area contributed by atoms with E-state index in [9.17, 15) is 19.8 Å². The second-order valence-corrected chi connectivity index (χ2v) is 8.99. The Morgan fingerprint density at radius 2 is 2.00 bits per heavy atom. The number of aliphatic hydroxyl groups is 1. The van der Waals surface area contributed by atoms with Crippen molar-refractivity contribution < 1.29 is 24.5 Å². The number of Topliss-reactive ketones (excluding diaryl/α,β-unsaturated/α-hetero) is 1. The third-order valence-corrected chi connectivity index (χ3v) is 6.94. The van der Waals surface area contributed by atoms with E-state index in [4.69, 9.17) is 4.74 Å². The number of aliphatic hydroxyl groups excluding tert-OH is 1. The highest BCUT2D eigenvalue weighted by atomic mass is 32.1. The molecule has 4 aromatic rings. The molecular weight excluding hydrogens is 452 g/mol. The first-order valence-electron chi connectivity index (χ1n) is 10.7. The molecule has 0 fully saturated rings. The standard InChI is InChI=1S/C26H22N2O5S/c1-33-18-7-8-20-19(13-18)16(14-27-20)9-10-28-23(15-4-2-5-17(29)12-15)22(25(31)26(28)32)24(30)21-6-3-11-34-21/h2-8,11-14,23,27,29,31H,9-10H2,1H3/t23-/m1/s1. The predicted octanol–water partition coefficient (Wildman–Crippen LogP) is 4.76. The minimum atomic E-state index is -0.811. The summed E-state index contributed by atoms with van der Waals surface area (Å²) < 4.78 is 5.34. The highest BCUT2D eigenvalue weighted by Crippen LogP contribution is 2.40. The number of amides is 1. The molecule has 0 aliphatic carbocycles. The predicted molar refractivity (Wildman–Crippen MR) is 129 cm³/mol. The minimum absolute atomic E-state index is 0.0166. The number of benzene rings is 2. The summed E-state index contributed by atoms with van der Waals surface area (Å²) in [5.41, 5.74) is 2.51. The van der Waals surface area contributed by atoms with Crippen molar-refractivity contribution in [3.05, 3.63) is 93.5 Å². The molecule has 2 aromatic carbocycles. The topological polar surface area (TPSA) is 103 Å². The second kappa shape index (κ2) is 8.72. The van der Waals surface area contributed by atoms with E-state index < -0.39 is 23.5 Å². The largest absolute Gasteiger partial charge is 0.508 e. The van der Waals surface area contributed by atoms with Gasteiger partial charge in [-0.1, -0.05) is 18.2 Å². The van der Waals surface area contributed by atoms with Crippen LogP contribution < -0.4 is 4.74 Å². The minimum Gasteiger partial charge on any atom is -0.508 e. The van der Waals surface area contributed by atoms with Crippen LogP contribution in [0.3, 0.4) is 0 Å². The number of fused-ring (bicyclic) bond motifs is 1. The van der Waals surface area contributed by atoms with Gasteiger partial charge in [0.15, 0.2) is 5.76 Å². The van der Waals surface area contributed by atoms with E-state index in [0.717, 1.165) is 22.2 Å². The number of phenolic OH excluding ortho intramolecular Hbond substituents is 1. The number of thiophene rings is 1. The summed E-state index contributed by atoms with van der Waals surface area (Å²) >= 11 is 1.25. The number of carbonyl (C=O) groups excluding carboxylic acids is 2. The molecule has 0 bridgehead atoms. The highest BCUT2D eigenvalue weighted by molar-refractivity contribution is 7.12. The number of H-pyrrole nitrogens is 1. The first-order chi connectivity index (χ1) is 16.5. The number of aromatic hydroxyl groups is 1. The molecule has 0 saturated heterocycles. The third-order valence-electron chi connectivity index (χ3n) is 6.08. The van der Waals surface area contributed by atoms with Crippen molar-refractivity contribution in [2.24, 2.45) is 0 Å². The number of rotatable bonds is 7. The zero-order chi connectivity index (χ0) is 23.8. The van der Waals surface area contributed by atoms with Crippen LogP contribution in [0.15, 0.2) is 77.5 Å². The Labute approximate surface area is 199 Å². The highest BCUT2D eigenvalue weighted by Gasteiger charge is 2.43. The number of carbonyl (C=O) groups is 2. The molecule has 34 heavy (non-hydrogen) atoms. The lowest BCUT2D eigenvalue weighted by Gasteiger charge is -2.27. The first-order valence-corrected chi connectivity index (χ1v) is 11.6. The molecule has 1 amide bonds. The number of phenols is 1. The smallest absolute Gasteiger partial charge is 0.290 e. The van der Waals surface area contributed by atoms with Crippen LogP contribution in [0, 0.1) is 0 Å². The van der Waals surface area contributed by atoms with Crippen molar-refractivity contribution in [3.8, 4) is 11.5 Å². The molecule has 0 spiro atoms. The Morgan fingerprint density at radius 3 is 2.74 bits per heavy atom. The van der Waals surface area contributed by atoms with E-state index in [0.29, 0.717) is 16.9 Å². The van der Waals surface area contributed by atoms with Crippen LogP contribution in [-0.2, 0) is 11.2 Å². The summed E-state index contributed by atoms with van der Waals surface area (Å²) in [5, 5.41) is 23.6. The van der Waals surface area contributed by atoms with Gasteiger partial charge in [0, 0.05) is 23.6 Å². The van der Waals surface area contributed by atoms with Crippen LogP contribution in [0.4, 0.5) is 0 Å². The number of nitrogens with one attached hydrogen (secondary N) is 1. The molecule has 5 rings (SSSR count). The van der Waals surface area contributed by atoms with Crippen LogP contribution >= 0.6 is 11.3 Å². The van der Waals surface area contributed by atoms with Crippen molar-refractivity contribution in [2.45, 2.75) is 12.5 Å². The molecule has 3 heterocycles. The lowest BCUT2D eigenvalue weighted by atomic mass is 9.95. The van der Waals surface area contributed by atoms with E-state index in [1.54, 1.807) is 36.8 Å². The molecule has 1 atom stereocenters. The average Bonchev–Trinajstić information content (AvgIpc) is 3.57. The van der Waals surface area contributed by atoms with Gasteiger partial charge in [-0.05, 0) is 59.3 Å². The zero-order valence-electron chi connectivity index (χ0n) is 18.3. The second-order valence-electron chi connectivity index (χ2n) is 8.04. The number of ether oxygens (including phenoxy) is 1. The number of aromatic amines is 1. The quantitative estimate of drug-likeness (QED) is 0.335. The normalized spacial score (nSPS) is 16.0. The van der Waals surface area contributed by atoms with Crippen molar-refractivity contribution in [3.63, 3.8) is 0 Å². The Hall–Kier alpha value is -4.04. The fourth-order valence-electron chi connectivity index (χ4n) is 4.43. The average molecular weight is 475 g/mol. The Morgan fingerprint density at radius 1 is 1.15 bits per heavy atom. The Bertz CT molecular complexity index is 1420. The van der Waals surface area contributed by atoms with Crippen LogP contribution in [0.5, 0.6) is 11.5 Å². The molecule has 172 valence electrons. The Balaban J connectivity index is 1.51. The van der Waals surface area contributed by atoms with Gasteiger partial charge in [-0.2, -0.15) is 0 Å². The van der Waals surface area contributed by atoms with Gasteiger partial charge in [-0.25, -0.2) is 0 Å². The molecule has 8 heteroatoms. The summed E-state index contributed by atoms with van der Waals surface area (Å²) in [7, 11) is 1.61. The number of hydrogen-bond acceptors (Lipinski definition) is 6. The van der Waals surface area contributed by atoms with Crippen LogP contribution in [-0.4, -0.2) is 45.4 Å². The van der Waals surface area contributed by atoms with Gasteiger partial charge in [0.25, 0.3) is 5.91 Å². The lowest BCUT2D eigenvalue weighted by molar-refractivity contribution is -0.129. The molecule has 7 nitrogen and oxygen atoms in total. The maximum atomic E-state index is 13.3. The molecule has 0 saturated carbocycles. The third kappa shape index (κ3) is 3.72. The van der Waals surface area contributed by atoms with Crippen LogP contribution in [0.25, 0.3) is 10.9 Å². The van der Waals surface area contributed by atoms with Gasteiger partial charge in [0.1, 0.15) is 11.5 Å². The van der Waals surface area contributed by atoms with Gasteiger partial charge >= 0.3 is 0 Å². The Kier molecular flexibility index (Phi) is 5.59. The number of aromatic nitrogens is 1. The maximum absolute atomic E-state index is 13.3. The SMILES string of the molecule is COc1ccc2[nH]cc(CCN3C(=O)C(O)=C(C(=O)c4cccs4)[C@H]3c3cccc(O)c3)c2c1. The summed E-state index contributed by atoms with van der Waals surface area (Å²) in [4.78, 5) is 31.6. The van der Waals surface area contributed by atoms with Crippen molar-refractivity contribution in [1.82, 2.24) is 9.88 Å². The maximum Gasteiger partial charge on any atom is 0.290 e. The fraction of sp³-hybridized carbons (Fsp3) is 0.154. The molecule has 2 aromatic heterocycles. The summed E-state index contributed by atoms with van der Waals surface area (Å²) in [6.45, 7) is 0.259. The van der Waals surface area contributed by atoms with Gasteiger partial charge in [0.05, 0.1) is 23.6 Å². The molecule has 1 aliphatic heterocycles. The fourth-order valence-corrected chi connectivity index (χ4v) is 5.11. The number of nitrogens with zero attached hydrogens (tertiary/aromatic N) is 1. The summed E-state index contributed by atoms with van der Waals surface area (Å²) in [5.74, 6) is -0.805. The van der Waals surface area contributed by atoms with E-state index in [1.807, 2.05) is 24.4 Å². The van der Waals surface area contributed by atoms with Crippen molar-refractivity contribution >= 4 is 33.9 Å². The van der Waals surface area contributed by atoms with E-state index in [-0.39, 0.29) is 17.9 Å². The van der Waals surface area contributed by atoms with Crippen LogP contribution in [0.2, 0.25) is 0 Å². The van der Waals surface area contributed by atoms with E-state index >= 15 is 0 Å². The number of ketones is 1. The van der Waals surface area contributed by atoms with Crippen LogP contribution in [0.1, 0.15) is 26.8 Å². The first kappa shape index (κ1) is 21.8. The molecular formula is C26H22N2O5S. The zero-order valence-corrected chi connectivity index (χ0v) is 19.1. The van der Waals surface area contributed by atoms with Gasteiger partial charge in [-0.3, -0.25) is 9.59 Å². The van der Waals surface area contributed by atoms with Gasteiger partial charge in [-0.15, -0.1) is 11.3 Å². The summed E-state index contributed by atoms with van der Waals surface area (Å²) in [6.07, 6.45) is 2.38. The lowest BCUT2D eigenvalue weighted by Crippen LogP contribution is -2.33. The molecule has 0 radical (unpaired) electrons. The number of methoxy groups -OCH3 is 1. The van der Waals surface area contributed by atoms with E-state index in [2.05, 4.69) is 4.98 Å². The monoisotopic (exact) mass is 474 g/mol. The number of hydrogen-bond donors (Lipinski definition) is 3.